The first kappa shape index (κ1) is 17.9. The molecule has 1 saturated carbocycles. The Morgan fingerprint density at radius 1 is 1.11 bits per heavy atom. The highest BCUT2D eigenvalue weighted by Gasteiger charge is 2.49. The van der Waals surface area contributed by atoms with Crippen LogP contribution < -0.4 is 5.32 Å². The van der Waals surface area contributed by atoms with Crippen LogP contribution in [0.2, 0.25) is 0 Å². The van der Waals surface area contributed by atoms with Gasteiger partial charge in [0.05, 0.1) is 0 Å². The molecule has 27 heavy (non-hydrogen) atoms. The topological polar surface area (TPSA) is 58.6 Å². The van der Waals surface area contributed by atoms with Gasteiger partial charge in [-0.15, -0.1) is 0 Å². The maximum Gasteiger partial charge on any atom is 0.407 e. The van der Waals surface area contributed by atoms with Crippen LogP contribution in [0.1, 0.15) is 29.9 Å². The van der Waals surface area contributed by atoms with Gasteiger partial charge in [-0.25, -0.2) is 13.6 Å². The zero-order chi connectivity index (χ0) is 19.0. The van der Waals surface area contributed by atoms with Crippen molar-refractivity contribution in [1.82, 2.24) is 5.32 Å². The summed E-state index contributed by atoms with van der Waals surface area (Å²) in [6, 6.07) is 14.4. The summed E-state index contributed by atoms with van der Waals surface area (Å²) < 4.78 is 33.1. The minimum absolute atomic E-state index is 0.0714. The fourth-order valence-electron chi connectivity index (χ4n) is 3.86. The highest BCUT2D eigenvalue weighted by molar-refractivity contribution is 5.79. The zero-order valence-corrected chi connectivity index (χ0v) is 14.7. The number of carbonyl (C=O) groups excluding carboxylic acids is 1. The molecule has 0 heterocycles. The van der Waals surface area contributed by atoms with Crippen molar-refractivity contribution in [2.75, 3.05) is 13.2 Å². The summed E-state index contributed by atoms with van der Waals surface area (Å²) in [6.45, 7) is -1.22. The predicted octanol–water partition coefficient (Wildman–Crippen LogP) is 3.93. The second-order valence-electron chi connectivity index (χ2n) is 7.20. The molecular formula is C21H21F2NO3. The van der Waals surface area contributed by atoms with Gasteiger partial charge in [-0.05, 0) is 41.0 Å². The molecule has 0 aliphatic heterocycles. The molecule has 0 aromatic heterocycles. The van der Waals surface area contributed by atoms with E-state index in [1.165, 1.54) is 0 Å². The van der Waals surface area contributed by atoms with Crippen LogP contribution in [-0.4, -0.2) is 36.4 Å². The Morgan fingerprint density at radius 3 is 2.19 bits per heavy atom. The molecule has 4 rings (SSSR count). The first-order chi connectivity index (χ1) is 13.0. The van der Waals surface area contributed by atoms with Gasteiger partial charge >= 0.3 is 6.09 Å². The molecule has 4 nitrogen and oxygen atoms in total. The molecule has 0 spiro atoms. The predicted molar refractivity (Wildman–Crippen MR) is 96.7 cm³/mol. The molecule has 2 aliphatic carbocycles. The number of hydrogen-bond donors (Lipinski definition) is 2. The van der Waals surface area contributed by atoms with Crippen LogP contribution in [0, 0.1) is 5.92 Å². The van der Waals surface area contributed by atoms with Gasteiger partial charge in [-0.2, -0.15) is 0 Å². The van der Waals surface area contributed by atoms with E-state index in [0.717, 1.165) is 22.3 Å². The number of amides is 1. The van der Waals surface area contributed by atoms with E-state index in [4.69, 9.17) is 9.84 Å². The molecule has 2 aromatic carbocycles. The molecule has 0 radical (unpaired) electrons. The number of benzene rings is 2. The molecule has 0 saturated heterocycles. The van der Waals surface area contributed by atoms with Gasteiger partial charge in [0.25, 0.3) is 5.92 Å². The van der Waals surface area contributed by atoms with Gasteiger partial charge < -0.3 is 15.2 Å². The van der Waals surface area contributed by atoms with Gasteiger partial charge in [0.1, 0.15) is 19.3 Å². The molecule has 1 unspecified atom stereocenters. The van der Waals surface area contributed by atoms with Gasteiger partial charge in [-0.3, -0.25) is 0 Å². The quantitative estimate of drug-likeness (QED) is 0.807. The second-order valence-corrected chi connectivity index (χ2v) is 7.20. The van der Waals surface area contributed by atoms with Crippen molar-refractivity contribution in [3.05, 3.63) is 59.7 Å². The summed E-state index contributed by atoms with van der Waals surface area (Å²) in [6.07, 6.45) is 0.357. The van der Waals surface area contributed by atoms with E-state index in [1.807, 2.05) is 48.5 Å². The lowest BCUT2D eigenvalue weighted by molar-refractivity contribution is -0.0837. The second kappa shape index (κ2) is 6.93. The highest BCUT2D eigenvalue weighted by atomic mass is 19.3. The number of halogens is 2. The van der Waals surface area contributed by atoms with Crippen LogP contribution in [0.15, 0.2) is 48.5 Å². The number of ether oxygens (including phenoxy) is 1. The fourth-order valence-corrected chi connectivity index (χ4v) is 3.86. The molecule has 6 heteroatoms. The fraction of sp³-hybridized carbons (Fsp3) is 0.381. The summed E-state index contributed by atoms with van der Waals surface area (Å²) >= 11 is 0. The van der Waals surface area contributed by atoms with Crippen molar-refractivity contribution in [3.63, 3.8) is 0 Å². The third-order valence-electron chi connectivity index (χ3n) is 5.38. The molecule has 1 fully saturated rings. The summed E-state index contributed by atoms with van der Waals surface area (Å²) in [5, 5.41) is 11.2. The average molecular weight is 373 g/mol. The third kappa shape index (κ3) is 3.41. The lowest BCUT2D eigenvalue weighted by Gasteiger charge is -2.26. The monoisotopic (exact) mass is 373 g/mol. The minimum Gasteiger partial charge on any atom is -0.449 e. The molecular weight excluding hydrogens is 352 g/mol. The lowest BCUT2D eigenvalue weighted by Crippen LogP contribution is -2.51. The van der Waals surface area contributed by atoms with E-state index in [1.54, 1.807) is 0 Å². The van der Waals surface area contributed by atoms with E-state index in [-0.39, 0.29) is 18.4 Å². The van der Waals surface area contributed by atoms with Gasteiger partial charge in [0, 0.05) is 5.92 Å². The smallest absolute Gasteiger partial charge is 0.407 e. The van der Waals surface area contributed by atoms with Crippen LogP contribution in [0.3, 0.4) is 0 Å². The number of alkyl carbamates (subject to hydrolysis) is 1. The average Bonchev–Trinajstić information content (AvgIpc) is 3.47. The third-order valence-corrected chi connectivity index (χ3v) is 5.38. The Morgan fingerprint density at radius 2 is 1.67 bits per heavy atom. The number of nitrogens with one attached hydrogen (secondary N) is 1. The number of alkyl halides is 2. The van der Waals surface area contributed by atoms with Crippen LogP contribution in [0.25, 0.3) is 11.1 Å². The Hall–Kier alpha value is -2.47. The Kier molecular flexibility index (Phi) is 4.60. The summed E-state index contributed by atoms with van der Waals surface area (Å²) in [5.41, 5.74) is 4.33. The molecule has 0 bridgehead atoms. The zero-order valence-electron chi connectivity index (χ0n) is 14.7. The van der Waals surface area contributed by atoms with E-state index in [0.29, 0.717) is 12.8 Å². The number of aliphatic hydroxyl groups is 1. The van der Waals surface area contributed by atoms with Crippen LogP contribution >= 0.6 is 0 Å². The SMILES string of the molecule is O=C(NC(C1CC1)C(F)(F)CO)OCC1c2ccccc2-c2ccccc21. The Labute approximate surface area is 156 Å². The van der Waals surface area contributed by atoms with Crippen LogP contribution in [-0.2, 0) is 4.74 Å². The Bertz CT molecular complexity index is 805. The number of carbonyl (C=O) groups is 1. The summed E-state index contributed by atoms with van der Waals surface area (Å²) in [5.74, 6) is -3.79. The number of aliphatic hydroxyl groups excluding tert-OH is 1. The number of rotatable bonds is 6. The summed E-state index contributed by atoms with van der Waals surface area (Å²) in [4.78, 5) is 12.2. The molecule has 2 aromatic rings. The summed E-state index contributed by atoms with van der Waals surface area (Å²) in [7, 11) is 0. The van der Waals surface area contributed by atoms with E-state index >= 15 is 0 Å². The largest absolute Gasteiger partial charge is 0.449 e. The standard InChI is InChI=1S/C21H21F2NO3/c22-21(23,12-25)19(13-9-10-13)24-20(26)27-11-18-16-7-3-1-5-14(16)15-6-2-4-8-17(15)18/h1-8,13,18-19,25H,9-12H2,(H,24,26). The maximum atomic E-state index is 13.9. The van der Waals surface area contributed by atoms with E-state index in [9.17, 15) is 13.6 Å². The van der Waals surface area contributed by atoms with Gasteiger partial charge in [-0.1, -0.05) is 48.5 Å². The van der Waals surface area contributed by atoms with Crippen molar-refractivity contribution in [2.45, 2.75) is 30.7 Å². The van der Waals surface area contributed by atoms with Crippen molar-refractivity contribution in [3.8, 4) is 11.1 Å². The molecule has 1 atom stereocenters. The first-order valence-corrected chi connectivity index (χ1v) is 9.11. The van der Waals surface area contributed by atoms with E-state index < -0.39 is 24.7 Å². The minimum atomic E-state index is -3.35. The molecule has 2 aliphatic rings. The first-order valence-electron chi connectivity index (χ1n) is 9.11. The molecule has 1 amide bonds. The van der Waals surface area contributed by atoms with Crippen molar-refractivity contribution < 1.29 is 23.4 Å². The Balaban J connectivity index is 1.46. The normalized spacial score (nSPS) is 17.1. The van der Waals surface area contributed by atoms with Crippen molar-refractivity contribution in [1.29, 1.82) is 0 Å². The molecule has 142 valence electrons. The number of fused-ring (bicyclic) bond motifs is 3. The van der Waals surface area contributed by atoms with E-state index in [2.05, 4.69) is 5.32 Å². The maximum absolute atomic E-state index is 13.9. The lowest BCUT2D eigenvalue weighted by atomic mass is 9.98. The van der Waals surface area contributed by atoms with Crippen molar-refractivity contribution in [2.24, 2.45) is 5.92 Å². The van der Waals surface area contributed by atoms with Crippen LogP contribution in [0.4, 0.5) is 13.6 Å². The molecule has 2 N–H and O–H groups in total. The highest BCUT2D eigenvalue weighted by Crippen LogP contribution is 2.44. The van der Waals surface area contributed by atoms with Gasteiger partial charge in [0.15, 0.2) is 0 Å². The van der Waals surface area contributed by atoms with Gasteiger partial charge in [0.2, 0.25) is 0 Å². The number of hydrogen-bond acceptors (Lipinski definition) is 3. The van der Waals surface area contributed by atoms with Crippen LogP contribution in [0.5, 0.6) is 0 Å². The van der Waals surface area contributed by atoms with Crippen molar-refractivity contribution >= 4 is 6.09 Å².